The van der Waals surface area contributed by atoms with Gasteiger partial charge in [0.1, 0.15) is 6.61 Å². The number of rotatable bonds is 11. The Bertz CT molecular complexity index is 541. The van der Waals surface area contributed by atoms with Crippen molar-refractivity contribution in [3.05, 3.63) is 35.9 Å². The van der Waals surface area contributed by atoms with Crippen LogP contribution in [-0.2, 0) is 0 Å². The number of hydrogen-bond acceptors (Lipinski definition) is 3. The predicted octanol–water partition coefficient (Wildman–Crippen LogP) is 6.91. The molecule has 0 saturated carbocycles. The number of aliphatic hydroxyl groups is 3. The summed E-state index contributed by atoms with van der Waals surface area (Å²) < 4.78 is 24.3. The molecule has 2 atom stereocenters. The summed E-state index contributed by atoms with van der Waals surface area (Å²) in [7, 11) is 0. The minimum atomic E-state index is -2.88. The Labute approximate surface area is 196 Å². The first-order valence-electron chi connectivity index (χ1n) is 12.0. The first kappa shape index (κ1) is 33.1. The van der Waals surface area contributed by atoms with Crippen LogP contribution < -0.4 is 0 Å². The van der Waals surface area contributed by atoms with Crippen molar-refractivity contribution < 1.29 is 24.1 Å². The summed E-state index contributed by atoms with van der Waals surface area (Å²) >= 11 is 0. The van der Waals surface area contributed by atoms with Gasteiger partial charge in [-0.1, -0.05) is 85.7 Å². The molecule has 1 aromatic carbocycles. The average molecular weight is 461 g/mol. The number of aliphatic hydroxyl groups excluding tert-OH is 3. The van der Waals surface area contributed by atoms with Gasteiger partial charge in [-0.2, -0.15) is 0 Å². The van der Waals surface area contributed by atoms with Crippen LogP contribution in [0, 0.1) is 23.2 Å². The maximum absolute atomic E-state index is 12.2. The summed E-state index contributed by atoms with van der Waals surface area (Å²) in [5, 5.41) is 26.4. The van der Waals surface area contributed by atoms with Gasteiger partial charge in [0.05, 0.1) is 0 Å². The summed E-state index contributed by atoms with van der Waals surface area (Å²) in [6.07, 6.45) is 3.02. The van der Waals surface area contributed by atoms with Crippen molar-refractivity contribution in [1.29, 1.82) is 0 Å². The maximum Gasteiger partial charge on any atom is 0.270 e. The summed E-state index contributed by atoms with van der Waals surface area (Å²) in [5.41, 5.74) is 1.41. The van der Waals surface area contributed by atoms with Crippen LogP contribution in [0.1, 0.15) is 92.6 Å². The van der Waals surface area contributed by atoms with E-state index >= 15 is 0 Å². The second-order valence-electron chi connectivity index (χ2n) is 10.5. The lowest BCUT2D eigenvalue weighted by molar-refractivity contribution is -0.0647. The zero-order valence-corrected chi connectivity index (χ0v) is 21.7. The molecule has 0 aliphatic heterocycles. The number of halogens is 2. The fourth-order valence-corrected chi connectivity index (χ4v) is 3.58. The molecule has 0 heterocycles. The third kappa shape index (κ3) is 17.5. The van der Waals surface area contributed by atoms with E-state index in [-0.39, 0.29) is 24.4 Å². The van der Waals surface area contributed by atoms with Crippen LogP contribution in [0.15, 0.2) is 30.3 Å². The van der Waals surface area contributed by atoms with Gasteiger partial charge in [0.25, 0.3) is 5.92 Å². The summed E-state index contributed by atoms with van der Waals surface area (Å²) in [5.74, 6) is -1.31. The monoisotopic (exact) mass is 460 g/mol. The van der Waals surface area contributed by atoms with Gasteiger partial charge in [0.15, 0.2) is 0 Å². The molecule has 3 nitrogen and oxygen atoms in total. The Kier molecular flexibility index (Phi) is 18.1. The lowest BCUT2D eigenvalue weighted by atomic mass is 9.81. The molecular formula is C27H50F2O3. The van der Waals surface area contributed by atoms with Crippen molar-refractivity contribution in [2.24, 2.45) is 23.2 Å². The molecule has 0 bridgehead atoms. The molecule has 3 N–H and O–H groups in total. The van der Waals surface area contributed by atoms with E-state index in [4.69, 9.17) is 10.2 Å². The van der Waals surface area contributed by atoms with Crippen molar-refractivity contribution in [1.82, 2.24) is 0 Å². The summed E-state index contributed by atoms with van der Waals surface area (Å²) in [6, 6.07) is 10.2. The van der Waals surface area contributed by atoms with Crippen molar-refractivity contribution in [3.63, 3.8) is 0 Å². The molecule has 2 unspecified atom stereocenters. The van der Waals surface area contributed by atoms with Gasteiger partial charge >= 0.3 is 0 Å². The maximum atomic E-state index is 12.2. The Hall–Kier alpha value is -1.04. The van der Waals surface area contributed by atoms with E-state index < -0.39 is 12.5 Å². The highest BCUT2D eigenvalue weighted by Gasteiger charge is 2.28. The smallest absolute Gasteiger partial charge is 0.270 e. The fourth-order valence-electron chi connectivity index (χ4n) is 3.58. The summed E-state index contributed by atoms with van der Waals surface area (Å²) in [6.45, 7) is 16.0. The topological polar surface area (TPSA) is 60.7 Å². The van der Waals surface area contributed by atoms with E-state index in [9.17, 15) is 13.9 Å². The van der Waals surface area contributed by atoms with E-state index in [0.29, 0.717) is 24.4 Å². The number of hydrogen-bond donors (Lipinski definition) is 3. The van der Waals surface area contributed by atoms with Crippen LogP contribution in [0.25, 0.3) is 0 Å². The minimum Gasteiger partial charge on any atom is -0.396 e. The lowest BCUT2D eigenvalue weighted by Crippen LogP contribution is -2.23. The van der Waals surface area contributed by atoms with Gasteiger partial charge in [-0.15, -0.1) is 0 Å². The fraction of sp³-hybridized carbons (Fsp3) is 0.778. The largest absolute Gasteiger partial charge is 0.396 e. The van der Waals surface area contributed by atoms with Gasteiger partial charge in [0.2, 0.25) is 0 Å². The van der Waals surface area contributed by atoms with Crippen LogP contribution in [0.4, 0.5) is 8.78 Å². The Balaban J connectivity index is 0. The van der Waals surface area contributed by atoms with Crippen LogP contribution in [0.5, 0.6) is 0 Å². The third-order valence-corrected chi connectivity index (χ3v) is 5.32. The van der Waals surface area contributed by atoms with E-state index in [2.05, 4.69) is 53.7 Å². The quantitative estimate of drug-likeness (QED) is 0.336. The Morgan fingerprint density at radius 2 is 1.28 bits per heavy atom. The number of alkyl halides is 2. The molecule has 0 fully saturated rings. The van der Waals surface area contributed by atoms with E-state index in [0.717, 1.165) is 19.3 Å². The van der Waals surface area contributed by atoms with Crippen LogP contribution in [0.2, 0.25) is 0 Å². The highest BCUT2D eigenvalue weighted by Crippen LogP contribution is 2.28. The Morgan fingerprint density at radius 3 is 1.53 bits per heavy atom. The first-order valence-corrected chi connectivity index (χ1v) is 12.0. The van der Waals surface area contributed by atoms with Gasteiger partial charge in [0, 0.05) is 25.6 Å². The van der Waals surface area contributed by atoms with Crippen molar-refractivity contribution in [2.75, 3.05) is 19.8 Å². The molecule has 0 aliphatic carbocycles. The summed E-state index contributed by atoms with van der Waals surface area (Å²) in [4.78, 5) is 0. The second-order valence-corrected chi connectivity index (χ2v) is 10.5. The highest BCUT2D eigenvalue weighted by molar-refractivity contribution is 5.19. The van der Waals surface area contributed by atoms with Crippen LogP contribution in [-0.4, -0.2) is 41.1 Å². The van der Waals surface area contributed by atoms with E-state index in [1.807, 2.05) is 18.2 Å². The second kappa shape index (κ2) is 17.4. The minimum absolute atomic E-state index is 0.0628. The normalized spacial score (nSPS) is 14.4. The van der Waals surface area contributed by atoms with E-state index in [1.165, 1.54) is 5.56 Å². The molecule has 0 spiro atoms. The third-order valence-electron chi connectivity index (χ3n) is 5.32. The average Bonchev–Trinajstić information content (AvgIpc) is 2.72. The van der Waals surface area contributed by atoms with Crippen LogP contribution >= 0.6 is 0 Å². The molecule has 190 valence electrons. The predicted molar refractivity (Wildman–Crippen MR) is 132 cm³/mol. The zero-order valence-electron chi connectivity index (χ0n) is 21.7. The van der Waals surface area contributed by atoms with Gasteiger partial charge in [-0.25, -0.2) is 8.78 Å². The molecule has 32 heavy (non-hydrogen) atoms. The molecule has 0 saturated heterocycles. The van der Waals surface area contributed by atoms with Gasteiger partial charge in [-0.05, 0) is 48.0 Å². The molecule has 0 aliphatic rings. The standard InChI is InChI=1S/C12H18O.C9H20O.C6H12F2O/c1-10(2)8-12(9-13)11-6-4-3-5-7-11;1-5-9(4,7-10)6-8(2)3;1-5(2)3-6(7,8)4-9/h3-7,10,12-13H,8-9H2,1-2H3;8,10H,5-7H2,1-4H3;5,9H,3-4H2,1-2H3. The molecule has 1 rings (SSSR count). The highest BCUT2D eigenvalue weighted by atomic mass is 19.3. The molecule has 0 aromatic heterocycles. The lowest BCUT2D eigenvalue weighted by Gasteiger charge is -2.27. The SMILES string of the molecule is CC(C)CC(CO)c1ccccc1.CC(C)CC(F)(F)CO.CCC(C)(CO)CC(C)C. The first-order chi connectivity index (χ1) is 14.8. The zero-order chi connectivity index (χ0) is 25.4. The van der Waals surface area contributed by atoms with E-state index in [1.54, 1.807) is 13.8 Å². The molecule has 1 aromatic rings. The Morgan fingerprint density at radius 1 is 0.781 bits per heavy atom. The molecule has 0 radical (unpaired) electrons. The van der Waals surface area contributed by atoms with Gasteiger partial charge < -0.3 is 15.3 Å². The van der Waals surface area contributed by atoms with Crippen LogP contribution in [0.3, 0.4) is 0 Å². The van der Waals surface area contributed by atoms with Crippen molar-refractivity contribution in [3.8, 4) is 0 Å². The van der Waals surface area contributed by atoms with Gasteiger partial charge in [-0.3, -0.25) is 0 Å². The molecule has 0 amide bonds. The van der Waals surface area contributed by atoms with Crippen molar-refractivity contribution in [2.45, 2.75) is 92.9 Å². The molecule has 5 heteroatoms. The van der Waals surface area contributed by atoms with Crippen molar-refractivity contribution >= 4 is 0 Å². The number of benzene rings is 1. The molecular weight excluding hydrogens is 410 g/mol.